The van der Waals surface area contributed by atoms with Gasteiger partial charge in [-0.05, 0) is 30.2 Å². The first kappa shape index (κ1) is 12.5. The highest BCUT2D eigenvalue weighted by Gasteiger charge is 2.21. The summed E-state index contributed by atoms with van der Waals surface area (Å²) in [5.41, 5.74) is 3.70. The molecule has 1 aliphatic heterocycles. The molecule has 100 valence electrons. The van der Waals surface area contributed by atoms with Crippen LogP contribution >= 0.6 is 0 Å². The number of aldehydes is 1. The van der Waals surface area contributed by atoms with E-state index in [2.05, 4.69) is 9.97 Å². The van der Waals surface area contributed by atoms with Crippen molar-refractivity contribution in [3.63, 3.8) is 0 Å². The Balaban J connectivity index is 2.04. The highest BCUT2D eigenvalue weighted by Crippen LogP contribution is 2.30. The Labute approximate surface area is 116 Å². The van der Waals surface area contributed by atoms with Gasteiger partial charge in [0.2, 0.25) is 5.91 Å². The van der Waals surface area contributed by atoms with Crippen LogP contribution in [0.3, 0.4) is 0 Å². The third-order valence-electron chi connectivity index (χ3n) is 3.50. The second-order valence-corrected chi connectivity index (χ2v) is 4.71. The summed E-state index contributed by atoms with van der Waals surface area (Å²) in [4.78, 5) is 32.1. The minimum absolute atomic E-state index is 0.135. The minimum atomic E-state index is 0.135. The fourth-order valence-electron chi connectivity index (χ4n) is 2.41. The van der Waals surface area contributed by atoms with Crippen molar-refractivity contribution in [2.24, 2.45) is 0 Å². The van der Waals surface area contributed by atoms with Crippen molar-refractivity contribution in [1.29, 1.82) is 0 Å². The molecule has 3 rings (SSSR count). The Kier molecular flexibility index (Phi) is 3.02. The van der Waals surface area contributed by atoms with Crippen molar-refractivity contribution in [3.8, 4) is 11.3 Å². The number of carbonyl (C=O) groups is 2. The predicted molar refractivity (Wildman–Crippen MR) is 74.6 cm³/mol. The van der Waals surface area contributed by atoms with Crippen LogP contribution in [0.5, 0.6) is 0 Å². The van der Waals surface area contributed by atoms with Crippen molar-refractivity contribution >= 4 is 17.9 Å². The number of anilines is 1. The van der Waals surface area contributed by atoms with Gasteiger partial charge in [0, 0.05) is 30.9 Å². The van der Waals surface area contributed by atoms with Gasteiger partial charge < -0.3 is 4.90 Å². The number of amides is 1. The molecule has 1 aromatic carbocycles. The first-order valence-electron chi connectivity index (χ1n) is 6.37. The van der Waals surface area contributed by atoms with E-state index in [1.165, 1.54) is 0 Å². The SMILES string of the molecule is CN1C(=O)CCc2cc(-c3ccnc(C=O)n3)ccc21. The van der Waals surface area contributed by atoms with Gasteiger partial charge in [0.15, 0.2) is 12.1 Å². The maximum atomic E-state index is 11.7. The standard InChI is InChI=1S/C15H13N3O2/c1-18-13-4-2-10(8-11(13)3-5-15(18)20)12-6-7-16-14(9-19)17-12/h2,4,6-9H,3,5H2,1H3. The fraction of sp³-hybridized carbons (Fsp3) is 0.200. The van der Waals surface area contributed by atoms with Gasteiger partial charge in [-0.15, -0.1) is 0 Å². The smallest absolute Gasteiger partial charge is 0.227 e. The Bertz CT molecular complexity index is 697. The highest BCUT2D eigenvalue weighted by molar-refractivity contribution is 5.96. The second-order valence-electron chi connectivity index (χ2n) is 4.71. The van der Waals surface area contributed by atoms with Crippen LogP contribution in [-0.2, 0) is 11.2 Å². The summed E-state index contributed by atoms with van der Waals surface area (Å²) < 4.78 is 0. The van der Waals surface area contributed by atoms with E-state index in [4.69, 9.17) is 0 Å². The van der Waals surface area contributed by atoms with Crippen molar-refractivity contribution in [2.45, 2.75) is 12.8 Å². The van der Waals surface area contributed by atoms with Gasteiger partial charge in [-0.2, -0.15) is 0 Å². The minimum Gasteiger partial charge on any atom is -0.315 e. The summed E-state index contributed by atoms with van der Waals surface area (Å²) in [6.07, 6.45) is 3.46. The zero-order valence-electron chi connectivity index (χ0n) is 11.0. The number of aromatic nitrogens is 2. The molecule has 0 saturated heterocycles. The number of aryl methyl sites for hydroxylation is 1. The average molecular weight is 267 g/mol. The van der Waals surface area contributed by atoms with Crippen molar-refractivity contribution in [3.05, 3.63) is 41.9 Å². The van der Waals surface area contributed by atoms with E-state index in [0.717, 1.165) is 23.2 Å². The topological polar surface area (TPSA) is 63.2 Å². The molecule has 2 heterocycles. The number of hydrogen-bond donors (Lipinski definition) is 0. The number of nitrogens with zero attached hydrogens (tertiary/aromatic N) is 3. The number of rotatable bonds is 2. The van der Waals surface area contributed by atoms with Crippen LogP contribution in [0.4, 0.5) is 5.69 Å². The monoisotopic (exact) mass is 267 g/mol. The molecule has 0 N–H and O–H groups in total. The van der Waals surface area contributed by atoms with Gasteiger partial charge in [0.25, 0.3) is 0 Å². The van der Waals surface area contributed by atoms with E-state index in [9.17, 15) is 9.59 Å². The van der Waals surface area contributed by atoms with Crippen LogP contribution in [0.15, 0.2) is 30.5 Å². The summed E-state index contributed by atoms with van der Waals surface area (Å²) in [6, 6.07) is 7.62. The normalized spacial score (nSPS) is 14.1. The van der Waals surface area contributed by atoms with E-state index < -0.39 is 0 Å². The molecular weight excluding hydrogens is 254 g/mol. The molecule has 5 heteroatoms. The molecular formula is C15H13N3O2. The van der Waals surface area contributed by atoms with Crippen LogP contribution < -0.4 is 4.90 Å². The van der Waals surface area contributed by atoms with E-state index in [-0.39, 0.29) is 11.7 Å². The van der Waals surface area contributed by atoms with Crippen molar-refractivity contribution in [1.82, 2.24) is 9.97 Å². The Hall–Kier alpha value is -2.56. The first-order chi connectivity index (χ1) is 9.69. The van der Waals surface area contributed by atoms with E-state index >= 15 is 0 Å². The molecule has 0 bridgehead atoms. The van der Waals surface area contributed by atoms with Crippen molar-refractivity contribution in [2.75, 3.05) is 11.9 Å². The zero-order chi connectivity index (χ0) is 14.1. The van der Waals surface area contributed by atoms with Gasteiger partial charge in [-0.1, -0.05) is 6.07 Å². The lowest BCUT2D eigenvalue weighted by atomic mass is 9.98. The number of benzene rings is 1. The third-order valence-corrected chi connectivity index (χ3v) is 3.50. The first-order valence-corrected chi connectivity index (χ1v) is 6.37. The van der Waals surface area contributed by atoms with Gasteiger partial charge in [-0.3, -0.25) is 9.59 Å². The molecule has 0 unspecified atom stereocenters. The maximum Gasteiger partial charge on any atom is 0.227 e. The molecule has 20 heavy (non-hydrogen) atoms. The van der Waals surface area contributed by atoms with Crippen LogP contribution in [0.2, 0.25) is 0 Å². The zero-order valence-corrected chi connectivity index (χ0v) is 11.0. The quantitative estimate of drug-likeness (QED) is 0.779. The van der Waals surface area contributed by atoms with E-state index in [1.807, 2.05) is 18.2 Å². The molecule has 0 aliphatic carbocycles. The second kappa shape index (κ2) is 4.85. The van der Waals surface area contributed by atoms with Crippen LogP contribution in [-0.4, -0.2) is 29.2 Å². The predicted octanol–water partition coefficient (Wildman–Crippen LogP) is 1.87. The third kappa shape index (κ3) is 2.07. The lowest BCUT2D eigenvalue weighted by molar-refractivity contribution is -0.118. The van der Waals surface area contributed by atoms with Crippen molar-refractivity contribution < 1.29 is 9.59 Å². The summed E-state index contributed by atoms with van der Waals surface area (Å²) in [7, 11) is 1.79. The molecule has 1 aromatic heterocycles. The molecule has 2 aromatic rings. The van der Waals surface area contributed by atoms with Gasteiger partial charge in [0.1, 0.15) is 0 Å². The Morgan fingerprint density at radius 2 is 2.10 bits per heavy atom. The lowest BCUT2D eigenvalue weighted by Gasteiger charge is -2.26. The number of fused-ring (bicyclic) bond motifs is 1. The number of hydrogen-bond acceptors (Lipinski definition) is 4. The largest absolute Gasteiger partial charge is 0.315 e. The molecule has 1 amide bonds. The average Bonchev–Trinajstić information content (AvgIpc) is 2.51. The molecule has 0 saturated carbocycles. The van der Waals surface area contributed by atoms with E-state index in [1.54, 1.807) is 24.2 Å². The maximum absolute atomic E-state index is 11.7. The van der Waals surface area contributed by atoms with Crippen LogP contribution in [0.1, 0.15) is 22.6 Å². The molecule has 5 nitrogen and oxygen atoms in total. The van der Waals surface area contributed by atoms with Gasteiger partial charge in [0.05, 0.1) is 5.69 Å². The molecule has 0 radical (unpaired) electrons. The van der Waals surface area contributed by atoms with Crippen LogP contribution in [0, 0.1) is 0 Å². The summed E-state index contributed by atoms with van der Waals surface area (Å²) in [6.45, 7) is 0. The Morgan fingerprint density at radius 1 is 1.25 bits per heavy atom. The lowest BCUT2D eigenvalue weighted by Crippen LogP contribution is -2.30. The summed E-state index contributed by atoms with van der Waals surface area (Å²) >= 11 is 0. The highest BCUT2D eigenvalue weighted by atomic mass is 16.2. The summed E-state index contributed by atoms with van der Waals surface area (Å²) in [5.74, 6) is 0.308. The van der Waals surface area contributed by atoms with Gasteiger partial charge in [-0.25, -0.2) is 9.97 Å². The summed E-state index contributed by atoms with van der Waals surface area (Å²) in [5, 5.41) is 0. The Morgan fingerprint density at radius 3 is 2.90 bits per heavy atom. The molecule has 1 aliphatic rings. The fourth-order valence-corrected chi connectivity index (χ4v) is 2.41. The van der Waals surface area contributed by atoms with E-state index in [0.29, 0.717) is 18.4 Å². The van der Waals surface area contributed by atoms with Crippen LogP contribution in [0.25, 0.3) is 11.3 Å². The number of carbonyl (C=O) groups excluding carboxylic acids is 2. The van der Waals surface area contributed by atoms with Gasteiger partial charge >= 0.3 is 0 Å². The molecule has 0 atom stereocenters. The molecule has 0 spiro atoms. The molecule has 0 fully saturated rings.